The van der Waals surface area contributed by atoms with Crippen LogP contribution in [0.15, 0.2) is 55.0 Å². The van der Waals surface area contributed by atoms with E-state index in [0.717, 1.165) is 23.7 Å². The molecule has 1 atom stereocenters. The summed E-state index contributed by atoms with van der Waals surface area (Å²) in [4.78, 5) is 27.3. The van der Waals surface area contributed by atoms with E-state index in [1.165, 1.54) is 0 Å². The Morgan fingerprint density at radius 1 is 1.16 bits per heavy atom. The van der Waals surface area contributed by atoms with Crippen LogP contribution in [0.5, 0.6) is 5.88 Å². The predicted octanol–water partition coefficient (Wildman–Crippen LogP) is 2.71. The molecule has 1 fully saturated rings. The number of amides is 1. The molecule has 1 aliphatic rings. The van der Waals surface area contributed by atoms with Crippen LogP contribution >= 0.6 is 0 Å². The normalized spacial score (nSPS) is 17.4. The predicted molar refractivity (Wildman–Crippen MR) is 93.3 cm³/mol. The zero-order chi connectivity index (χ0) is 17.1. The van der Waals surface area contributed by atoms with E-state index in [1.807, 2.05) is 35.2 Å². The molecular weight excluding hydrogens is 316 g/mol. The van der Waals surface area contributed by atoms with Crippen molar-refractivity contribution < 1.29 is 9.53 Å². The molecular formula is C19H18N4O2. The van der Waals surface area contributed by atoms with E-state index in [-0.39, 0.29) is 12.0 Å². The molecule has 6 nitrogen and oxygen atoms in total. The minimum absolute atomic E-state index is 0.0572. The first-order valence-corrected chi connectivity index (χ1v) is 8.37. The van der Waals surface area contributed by atoms with E-state index < -0.39 is 0 Å². The van der Waals surface area contributed by atoms with Gasteiger partial charge >= 0.3 is 0 Å². The van der Waals surface area contributed by atoms with Crippen molar-refractivity contribution in [2.24, 2.45) is 0 Å². The van der Waals surface area contributed by atoms with E-state index in [2.05, 4.69) is 15.0 Å². The van der Waals surface area contributed by atoms with Gasteiger partial charge in [0.25, 0.3) is 5.91 Å². The third kappa shape index (κ3) is 3.42. The Morgan fingerprint density at radius 3 is 2.96 bits per heavy atom. The molecule has 0 saturated carbocycles. The number of pyridine rings is 1. The topological polar surface area (TPSA) is 68.2 Å². The summed E-state index contributed by atoms with van der Waals surface area (Å²) in [5.74, 6) is 0.434. The fourth-order valence-corrected chi connectivity index (χ4v) is 3.08. The van der Waals surface area contributed by atoms with Crippen LogP contribution in [0, 0.1) is 0 Å². The van der Waals surface area contributed by atoms with Gasteiger partial charge in [-0.2, -0.15) is 0 Å². The van der Waals surface area contributed by atoms with E-state index in [0.29, 0.717) is 24.7 Å². The Kier molecular flexibility index (Phi) is 4.24. The maximum absolute atomic E-state index is 12.8. The lowest BCUT2D eigenvalue weighted by Gasteiger charge is -2.32. The van der Waals surface area contributed by atoms with Crippen molar-refractivity contribution in [1.29, 1.82) is 0 Å². The summed E-state index contributed by atoms with van der Waals surface area (Å²) in [6.07, 6.45) is 6.51. The lowest BCUT2D eigenvalue weighted by molar-refractivity contribution is 0.0522. The van der Waals surface area contributed by atoms with Gasteiger partial charge in [0.1, 0.15) is 11.8 Å². The molecule has 1 unspecified atom stereocenters. The number of carbonyl (C=O) groups excluding carboxylic acids is 1. The average Bonchev–Trinajstić information content (AvgIpc) is 2.68. The lowest BCUT2D eigenvalue weighted by Crippen LogP contribution is -2.44. The number of carbonyl (C=O) groups is 1. The number of hydrogen-bond acceptors (Lipinski definition) is 5. The van der Waals surface area contributed by atoms with Crippen LogP contribution in [0.1, 0.15) is 23.3 Å². The summed E-state index contributed by atoms with van der Waals surface area (Å²) in [5.41, 5.74) is 1.30. The summed E-state index contributed by atoms with van der Waals surface area (Å²) in [7, 11) is 0. The van der Waals surface area contributed by atoms with Gasteiger partial charge in [0.15, 0.2) is 0 Å². The van der Waals surface area contributed by atoms with Crippen molar-refractivity contribution in [2.45, 2.75) is 18.9 Å². The summed E-state index contributed by atoms with van der Waals surface area (Å²) >= 11 is 0. The summed E-state index contributed by atoms with van der Waals surface area (Å²) < 4.78 is 5.85. The zero-order valence-corrected chi connectivity index (χ0v) is 13.7. The summed E-state index contributed by atoms with van der Waals surface area (Å²) in [6, 6.07) is 11.5. The lowest BCUT2D eigenvalue weighted by atomic mass is 10.1. The van der Waals surface area contributed by atoms with Gasteiger partial charge in [0, 0.05) is 24.3 Å². The maximum atomic E-state index is 12.8. The minimum Gasteiger partial charge on any atom is -0.471 e. The highest BCUT2D eigenvalue weighted by atomic mass is 16.5. The number of benzene rings is 1. The molecule has 25 heavy (non-hydrogen) atoms. The highest BCUT2D eigenvalue weighted by molar-refractivity contribution is 5.95. The second kappa shape index (κ2) is 6.84. The molecule has 0 radical (unpaired) electrons. The molecule has 0 N–H and O–H groups in total. The van der Waals surface area contributed by atoms with Gasteiger partial charge in [-0.1, -0.05) is 24.3 Å². The standard InChI is InChI=1S/C19H18N4O2/c24-19(17-8-7-14-4-1-2-6-16(14)22-17)23-11-3-5-15(13-23)25-18-12-20-9-10-21-18/h1-2,4,6-10,12,15H,3,5,11,13H2. The Balaban J connectivity index is 1.49. The molecule has 1 saturated heterocycles. The van der Waals surface area contributed by atoms with Crippen LogP contribution in [-0.4, -0.2) is 45.0 Å². The number of rotatable bonds is 3. The number of para-hydroxylation sites is 1. The number of aromatic nitrogens is 3. The molecule has 2 aromatic heterocycles. The summed E-state index contributed by atoms with van der Waals surface area (Å²) in [6.45, 7) is 1.25. The fourth-order valence-electron chi connectivity index (χ4n) is 3.08. The van der Waals surface area contributed by atoms with Gasteiger partial charge in [0.05, 0.1) is 18.3 Å². The van der Waals surface area contributed by atoms with Gasteiger partial charge in [-0.3, -0.25) is 9.78 Å². The van der Waals surface area contributed by atoms with E-state index >= 15 is 0 Å². The molecule has 3 aromatic rings. The van der Waals surface area contributed by atoms with Crippen LogP contribution in [0.3, 0.4) is 0 Å². The van der Waals surface area contributed by atoms with Crippen LogP contribution in [0.25, 0.3) is 10.9 Å². The molecule has 3 heterocycles. The average molecular weight is 334 g/mol. The molecule has 1 aliphatic heterocycles. The third-order valence-electron chi connectivity index (χ3n) is 4.31. The number of ether oxygens (including phenoxy) is 1. The Morgan fingerprint density at radius 2 is 2.08 bits per heavy atom. The van der Waals surface area contributed by atoms with E-state index in [1.54, 1.807) is 24.7 Å². The number of fused-ring (bicyclic) bond motifs is 1. The molecule has 126 valence electrons. The fraction of sp³-hybridized carbons (Fsp3) is 0.263. The van der Waals surface area contributed by atoms with Crippen LogP contribution in [0.4, 0.5) is 0 Å². The van der Waals surface area contributed by atoms with Gasteiger partial charge in [0.2, 0.25) is 5.88 Å². The smallest absolute Gasteiger partial charge is 0.272 e. The van der Waals surface area contributed by atoms with Gasteiger partial charge < -0.3 is 9.64 Å². The number of likely N-dealkylation sites (tertiary alicyclic amines) is 1. The minimum atomic E-state index is -0.0742. The molecule has 4 rings (SSSR count). The van der Waals surface area contributed by atoms with Gasteiger partial charge in [-0.05, 0) is 25.0 Å². The number of piperidine rings is 1. The summed E-state index contributed by atoms with van der Waals surface area (Å²) in [5, 5.41) is 1.03. The largest absolute Gasteiger partial charge is 0.471 e. The number of hydrogen-bond donors (Lipinski definition) is 0. The highest BCUT2D eigenvalue weighted by Gasteiger charge is 2.26. The molecule has 0 aliphatic carbocycles. The van der Waals surface area contributed by atoms with Crippen molar-refractivity contribution in [2.75, 3.05) is 13.1 Å². The first kappa shape index (κ1) is 15.5. The second-order valence-electron chi connectivity index (χ2n) is 6.07. The molecule has 1 amide bonds. The molecule has 6 heteroatoms. The monoisotopic (exact) mass is 334 g/mol. The Labute approximate surface area is 145 Å². The van der Waals surface area contributed by atoms with Crippen molar-refractivity contribution in [3.63, 3.8) is 0 Å². The highest BCUT2D eigenvalue weighted by Crippen LogP contribution is 2.19. The zero-order valence-electron chi connectivity index (χ0n) is 13.7. The van der Waals surface area contributed by atoms with E-state index in [4.69, 9.17) is 4.74 Å². The molecule has 0 bridgehead atoms. The number of nitrogens with zero attached hydrogens (tertiary/aromatic N) is 4. The molecule has 1 aromatic carbocycles. The van der Waals surface area contributed by atoms with Crippen molar-refractivity contribution in [1.82, 2.24) is 19.9 Å². The van der Waals surface area contributed by atoms with Crippen molar-refractivity contribution in [3.05, 3.63) is 60.7 Å². The second-order valence-corrected chi connectivity index (χ2v) is 6.07. The van der Waals surface area contributed by atoms with Gasteiger partial charge in [-0.15, -0.1) is 0 Å². The maximum Gasteiger partial charge on any atom is 0.272 e. The Bertz CT molecular complexity index is 885. The third-order valence-corrected chi connectivity index (χ3v) is 4.31. The Hall–Kier alpha value is -3.02. The van der Waals surface area contributed by atoms with Crippen molar-refractivity contribution >= 4 is 16.8 Å². The first-order valence-electron chi connectivity index (χ1n) is 8.37. The first-order chi connectivity index (χ1) is 12.3. The van der Waals surface area contributed by atoms with Crippen LogP contribution in [-0.2, 0) is 0 Å². The SMILES string of the molecule is O=C(c1ccc2ccccc2n1)N1CCCC(Oc2cnccn2)C1. The van der Waals surface area contributed by atoms with Crippen molar-refractivity contribution in [3.8, 4) is 5.88 Å². The van der Waals surface area contributed by atoms with Crippen LogP contribution in [0.2, 0.25) is 0 Å². The molecule has 0 spiro atoms. The van der Waals surface area contributed by atoms with E-state index in [9.17, 15) is 4.79 Å². The van der Waals surface area contributed by atoms with Gasteiger partial charge in [-0.25, -0.2) is 9.97 Å². The van der Waals surface area contributed by atoms with Crippen LogP contribution < -0.4 is 4.74 Å². The quantitative estimate of drug-likeness (QED) is 0.737.